The van der Waals surface area contributed by atoms with E-state index in [9.17, 15) is 14.4 Å². The predicted octanol–water partition coefficient (Wildman–Crippen LogP) is 23.1. The summed E-state index contributed by atoms with van der Waals surface area (Å²) in [5, 5.41) is 0. The van der Waals surface area contributed by atoms with Crippen LogP contribution < -0.4 is 0 Å². The Labute approximate surface area is 499 Å². The van der Waals surface area contributed by atoms with Crippen molar-refractivity contribution in [2.45, 2.75) is 297 Å². The van der Waals surface area contributed by atoms with Gasteiger partial charge in [0, 0.05) is 19.3 Å². The zero-order valence-corrected chi connectivity index (χ0v) is 52.5. The number of esters is 3. The number of allylic oxidation sites excluding steroid dienone is 24. The lowest BCUT2D eigenvalue weighted by atomic mass is 10.0. The summed E-state index contributed by atoms with van der Waals surface area (Å²) in [6, 6.07) is 0. The van der Waals surface area contributed by atoms with E-state index in [-0.39, 0.29) is 31.1 Å². The molecule has 0 bridgehead atoms. The van der Waals surface area contributed by atoms with Gasteiger partial charge in [0.1, 0.15) is 13.2 Å². The Morgan fingerprint density at radius 1 is 0.259 bits per heavy atom. The number of unbranched alkanes of at least 4 members (excludes halogenated alkanes) is 24. The molecule has 0 aliphatic heterocycles. The van der Waals surface area contributed by atoms with Crippen LogP contribution in [-0.4, -0.2) is 37.2 Å². The van der Waals surface area contributed by atoms with Crippen LogP contribution in [-0.2, 0) is 28.6 Å². The number of ether oxygens (including phenoxy) is 3. The maximum absolute atomic E-state index is 12.9. The molecular weight excluding hydrogens is 997 g/mol. The third-order valence-corrected chi connectivity index (χ3v) is 13.8. The highest BCUT2D eigenvalue weighted by Gasteiger charge is 2.19. The van der Waals surface area contributed by atoms with Crippen LogP contribution in [0.25, 0.3) is 0 Å². The highest BCUT2D eigenvalue weighted by Crippen LogP contribution is 2.16. The monoisotopic (exact) mass is 1120 g/mol. The molecule has 0 amide bonds. The van der Waals surface area contributed by atoms with Crippen LogP contribution in [0.3, 0.4) is 0 Å². The fourth-order valence-electron chi connectivity index (χ4n) is 8.92. The number of carbonyl (C=O) groups excluding carboxylic acids is 3. The Morgan fingerprint density at radius 3 is 0.753 bits per heavy atom. The lowest BCUT2D eigenvalue weighted by Gasteiger charge is -2.18. The first-order valence-electron chi connectivity index (χ1n) is 33.3. The van der Waals surface area contributed by atoms with Gasteiger partial charge in [-0.15, -0.1) is 0 Å². The summed E-state index contributed by atoms with van der Waals surface area (Å²) in [6.07, 6.45) is 97.4. The van der Waals surface area contributed by atoms with Crippen molar-refractivity contribution in [3.63, 3.8) is 0 Å². The Morgan fingerprint density at radius 2 is 0.481 bits per heavy atom. The Hall–Kier alpha value is -4.71. The lowest BCUT2D eigenvalue weighted by molar-refractivity contribution is -0.167. The van der Waals surface area contributed by atoms with E-state index >= 15 is 0 Å². The molecule has 1 atom stereocenters. The largest absolute Gasteiger partial charge is 0.462 e. The van der Waals surface area contributed by atoms with E-state index in [1.165, 1.54) is 103 Å². The third kappa shape index (κ3) is 66.0. The molecule has 0 aliphatic carbocycles. The second-order valence-electron chi connectivity index (χ2n) is 21.6. The summed E-state index contributed by atoms with van der Waals surface area (Å²) in [5.41, 5.74) is 0. The fourth-order valence-corrected chi connectivity index (χ4v) is 8.92. The number of carbonyl (C=O) groups is 3. The first kappa shape index (κ1) is 76.3. The summed E-state index contributed by atoms with van der Waals surface area (Å²) >= 11 is 0. The van der Waals surface area contributed by atoms with Crippen molar-refractivity contribution in [2.75, 3.05) is 13.2 Å². The highest BCUT2D eigenvalue weighted by atomic mass is 16.6. The Bertz CT molecular complexity index is 1760. The predicted molar refractivity (Wildman–Crippen MR) is 352 cm³/mol. The van der Waals surface area contributed by atoms with Crippen LogP contribution >= 0.6 is 0 Å². The van der Waals surface area contributed by atoms with Crippen LogP contribution in [0.5, 0.6) is 0 Å². The minimum absolute atomic E-state index is 0.0889. The van der Waals surface area contributed by atoms with Gasteiger partial charge in [-0.1, -0.05) is 295 Å². The van der Waals surface area contributed by atoms with Crippen LogP contribution in [0.2, 0.25) is 0 Å². The van der Waals surface area contributed by atoms with Crippen molar-refractivity contribution in [2.24, 2.45) is 0 Å². The lowest BCUT2D eigenvalue weighted by Crippen LogP contribution is -2.30. The van der Waals surface area contributed by atoms with E-state index in [4.69, 9.17) is 14.2 Å². The molecule has 0 radical (unpaired) electrons. The van der Waals surface area contributed by atoms with Crippen LogP contribution in [0, 0.1) is 0 Å². The van der Waals surface area contributed by atoms with Crippen molar-refractivity contribution in [1.82, 2.24) is 0 Å². The molecule has 0 N–H and O–H groups in total. The maximum Gasteiger partial charge on any atom is 0.306 e. The van der Waals surface area contributed by atoms with E-state index in [1.807, 2.05) is 0 Å². The summed E-state index contributed by atoms with van der Waals surface area (Å²) in [5.74, 6) is -0.920. The molecule has 458 valence electrons. The molecule has 1 unspecified atom stereocenters. The molecular formula is C75H122O6. The SMILES string of the molecule is CC/C=C\C/C=C\C/C=C\C/C=C\C/C=C\C/C=C\C/C=C\C/C=C\CCCCCCC(=O)OCC(COC(=O)CCCCCCCCC)OC(=O)CCCCCCCCCCCCCCCC/C=C\C/C=C\C/C=C\C/C=C\CC. The van der Waals surface area contributed by atoms with Crippen molar-refractivity contribution < 1.29 is 28.6 Å². The first-order chi connectivity index (χ1) is 40.0. The van der Waals surface area contributed by atoms with E-state index < -0.39 is 6.10 Å². The smallest absolute Gasteiger partial charge is 0.306 e. The molecule has 0 heterocycles. The normalized spacial score (nSPS) is 13.1. The van der Waals surface area contributed by atoms with Crippen LogP contribution in [0.15, 0.2) is 146 Å². The third-order valence-electron chi connectivity index (χ3n) is 13.8. The fraction of sp³-hybridized carbons (Fsp3) is 0.640. The number of rotatable bonds is 59. The van der Waals surface area contributed by atoms with Gasteiger partial charge < -0.3 is 14.2 Å². The van der Waals surface area contributed by atoms with Crippen LogP contribution in [0.4, 0.5) is 0 Å². The number of hydrogen-bond donors (Lipinski definition) is 0. The van der Waals surface area contributed by atoms with Gasteiger partial charge in [-0.2, -0.15) is 0 Å². The van der Waals surface area contributed by atoms with E-state index in [1.54, 1.807) is 0 Å². The summed E-state index contributed by atoms with van der Waals surface area (Å²) in [6.45, 7) is 6.36. The average Bonchev–Trinajstić information content (AvgIpc) is 3.47. The molecule has 0 saturated carbocycles. The highest BCUT2D eigenvalue weighted by molar-refractivity contribution is 5.71. The molecule has 0 saturated heterocycles. The average molecular weight is 1120 g/mol. The molecule has 0 aliphatic rings. The van der Waals surface area contributed by atoms with E-state index in [2.05, 4.69) is 167 Å². The zero-order valence-electron chi connectivity index (χ0n) is 52.5. The molecule has 0 fully saturated rings. The Kier molecular flexibility index (Phi) is 63.9. The summed E-state index contributed by atoms with van der Waals surface area (Å²) in [7, 11) is 0. The number of hydrogen-bond acceptors (Lipinski definition) is 6. The molecule has 6 nitrogen and oxygen atoms in total. The first-order valence-corrected chi connectivity index (χ1v) is 33.3. The van der Waals surface area contributed by atoms with Gasteiger partial charge in [0.15, 0.2) is 6.10 Å². The topological polar surface area (TPSA) is 78.9 Å². The summed E-state index contributed by atoms with van der Waals surface area (Å²) in [4.78, 5) is 38.1. The minimum atomic E-state index is -0.792. The molecule has 0 spiro atoms. The molecule has 81 heavy (non-hydrogen) atoms. The quantitative estimate of drug-likeness (QED) is 0.0261. The maximum atomic E-state index is 12.9. The second kappa shape index (κ2) is 67.8. The van der Waals surface area contributed by atoms with Crippen molar-refractivity contribution in [3.8, 4) is 0 Å². The van der Waals surface area contributed by atoms with E-state index in [0.29, 0.717) is 19.3 Å². The van der Waals surface area contributed by atoms with Gasteiger partial charge in [-0.05, 0) is 122 Å². The molecule has 0 aromatic rings. The van der Waals surface area contributed by atoms with Gasteiger partial charge in [0.05, 0.1) is 0 Å². The van der Waals surface area contributed by atoms with Gasteiger partial charge in [0.25, 0.3) is 0 Å². The van der Waals surface area contributed by atoms with E-state index in [0.717, 1.165) is 148 Å². The molecule has 0 aromatic heterocycles. The van der Waals surface area contributed by atoms with Crippen molar-refractivity contribution >= 4 is 17.9 Å². The van der Waals surface area contributed by atoms with Gasteiger partial charge >= 0.3 is 17.9 Å². The van der Waals surface area contributed by atoms with Gasteiger partial charge in [-0.25, -0.2) is 0 Å². The minimum Gasteiger partial charge on any atom is -0.462 e. The van der Waals surface area contributed by atoms with Crippen LogP contribution in [0.1, 0.15) is 290 Å². The molecule has 0 aromatic carbocycles. The molecule has 6 heteroatoms. The second-order valence-corrected chi connectivity index (χ2v) is 21.6. The standard InChI is InChI=1S/C75H122O6/c1-4-7-10-13-16-18-20-22-24-26-28-30-32-34-36-37-39-40-42-44-46-48-50-52-54-56-59-62-65-68-74(77)80-71-72(70-79-73(76)67-64-61-58-15-12-9-6-3)81-75(78)69-66-63-60-57-55-53-51-49-47-45-43-41-38-35-33-31-29-27-25-23-21-19-17-14-11-8-5-2/h7-8,10-11,16-19,22-25,28-31,34,36,39-40,44,46,50,52,72H,4-6,9,12-15,20-21,26-27,32-33,35,37-38,41-43,45,47-49,51,53-71H2,1-3H3/b10-7-,11-8-,18-16-,19-17-,24-22-,25-23-,30-28-,31-29-,36-34-,40-39-,46-44-,52-50-. The molecule has 0 rings (SSSR count). The zero-order chi connectivity index (χ0) is 58.5. The van der Waals surface area contributed by atoms with Gasteiger partial charge in [-0.3, -0.25) is 14.4 Å². The van der Waals surface area contributed by atoms with Gasteiger partial charge in [0.2, 0.25) is 0 Å². The van der Waals surface area contributed by atoms with Crippen molar-refractivity contribution in [3.05, 3.63) is 146 Å². The Balaban J connectivity index is 4.20. The van der Waals surface area contributed by atoms with Crippen molar-refractivity contribution in [1.29, 1.82) is 0 Å². The summed E-state index contributed by atoms with van der Waals surface area (Å²) < 4.78 is 16.8.